The largest absolute Gasteiger partial charge is 0.499 e. The molecular formula is C8H13NO3. The van der Waals surface area contributed by atoms with Gasteiger partial charge in [0.15, 0.2) is 0 Å². The van der Waals surface area contributed by atoms with E-state index in [2.05, 4.69) is 0 Å². The van der Waals surface area contributed by atoms with Crippen LogP contribution >= 0.6 is 0 Å². The number of hydrogen-bond donors (Lipinski definition) is 0. The quantitative estimate of drug-likeness (QED) is 0.622. The lowest BCUT2D eigenvalue weighted by molar-refractivity contribution is 0.113. The first-order chi connectivity index (χ1) is 5.77. The molecule has 0 spiro atoms. The van der Waals surface area contributed by atoms with E-state index in [9.17, 15) is 4.79 Å². The summed E-state index contributed by atoms with van der Waals surface area (Å²) in [6.45, 7) is 3.31. The van der Waals surface area contributed by atoms with Gasteiger partial charge in [-0.1, -0.05) is 0 Å². The maximum absolute atomic E-state index is 11.1. The van der Waals surface area contributed by atoms with Crippen LogP contribution in [0.2, 0.25) is 0 Å². The molecule has 0 saturated heterocycles. The van der Waals surface area contributed by atoms with Crippen molar-refractivity contribution in [3.05, 3.63) is 11.8 Å². The lowest BCUT2D eigenvalue weighted by atomic mass is 10.5. The molecule has 68 valence electrons. The molecule has 1 rings (SSSR count). The van der Waals surface area contributed by atoms with Gasteiger partial charge in [0, 0.05) is 6.54 Å². The number of hydrogen-bond acceptors (Lipinski definition) is 3. The van der Waals surface area contributed by atoms with Gasteiger partial charge in [-0.05, 0) is 13.0 Å². The van der Waals surface area contributed by atoms with Gasteiger partial charge in [0.05, 0.1) is 20.3 Å². The first kappa shape index (κ1) is 8.90. The molecule has 0 unspecified atom stereocenters. The standard InChI is InChI=1S/C8H13NO3/c1-3-12-8(10)9-5-4-7(6-9)11-2/h4H,3,5-6H2,1-2H3. The second-order valence-electron chi connectivity index (χ2n) is 2.45. The summed E-state index contributed by atoms with van der Waals surface area (Å²) in [5.41, 5.74) is 0. The molecule has 0 fully saturated rings. The van der Waals surface area contributed by atoms with E-state index in [0.717, 1.165) is 5.76 Å². The fraction of sp³-hybridized carbons (Fsp3) is 0.625. The van der Waals surface area contributed by atoms with E-state index in [1.54, 1.807) is 18.9 Å². The normalized spacial score (nSPS) is 15.8. The molecule has 0 bridgehead atoms. The zero-order valence-corrected chi connectivity index (χ0v) is 7.37. The third-order valence-corrected chi connectivity index (χ3v) is 1.67. The van der Waals surface area contributed by atoms with Crippen molar-refractivity contribution >= 4 is 6.09 Å². The van der Waals surface area contributed by atoms with Gasteiger partial charge in [0.2, 0.25) is 0 Å². The van der Waals surface area contributed by atoms with Gasteiger partial charge in [0.1, 0.15) is 5.76 Å². The summed E-state index contributed by atoms with van der Waals surface area (Å²) >= 11 is 0. The Balaban J connectivity index is 2.35. The predicted molar refractivity (Wildman–Crippen MR) is 43.7 cm³/mol. The zero-order valence-electron chi connectivity index (χ0n) is 7.37. The van der Waals surface area contributed by atoms with E-state index in [-0.39, 0.29) is 6.09 Å². The van der Waals surface area contributed by atoms with Gasteiger partial charge in [-0.3, -0.25) is 4.90 Å². The third-order valence-electron chi connectivity index (χ3n) is 1.67. The number of ether oxygens (including phenoxy) is 2. The molecular weight excluding hydrogens is 158 g/mol. The highest BCUT2D eigenvalue weighted by molar-refractivity contribution is 5.68. The molecule has 1 aliphatic rings. The van der Waals surface area contributed by atoms with Crippen molar-refractivity contribution in [2.24, 2.45) is 0 Å². The Kier molecular flexibility index (Phi) is 2.96. The molecule has 0 saturated carbocycles. The average Bonchev–Trinajstić information content (AvgIpc) is 2.52. The highest BCUT2D eigenvalue weighted by atomic mass is 16.6. The molecule has 4 heteroatoms. The van der Waals surface area contributed by atoms with Crippen LogP contribution in [0.5, 0.6) is 0 Å². The summed E-state index contributed by atoms with van der Waals surface area (Å²) < 4.78 is 9.80. The van der Waals surface area contributed by atoms with Gasteiger partial charge in [-0.25, -0.2) is 4.79 Å². The fourth-order valence-electron chi connectivity index (χ4n) is 1.03. The number of rotatable bonds is 2. The van der Waals surface area contributed by atoms with Gasteiger partial charge in [-0.15, -0.1) is 0 Å². The van der Waals surface area contributed by atoms with Crippen LogP contribution in [-0.4, -0.2) is 37.8 Å². The lowest BCUT2D eigenvalue weighted by Crippen LogP contribution is -2.29. The average molecular weight is 171 g/mol. The number of nitrogens with zero attached hydrogens (tertiary/aromatic N) is 1. The smallest absolute Gasteiger partial charge is 0.410 e. The second kappa shape index (κ2) is 3.99. The number of carbonyl (C=O) groups excluding carboxylic acids is 1. The van der Waals surface area contributed by atoms with Crippen LogP contribution < -0.4 is 0 Å². The van der Waals surface area contributed by atoms with Crippen LogP contribution in [0, 0.1) is 0 Å². The van der Waals surface area contributed by atoms with Crippen molar-refractivity contribution in [3.63, 3.8) is 0 Å². The van der Waals surface area contributed by atoms with Gasteiger partial charge in [0.25, 0.3) is 0 Å². The minimum Gasteiger partial charge on any atom is -0.499 e. The highest BCUT2D eigenvalue weighted by Gasteiger charge is 2.20. The van der Waals surface area contributed by atoms with E-state index in [1.165, 1.54) is 0 Å². The predicted octanol–water partition coefficient (Wildman–Crippen LogP) is 0.989. The number of methoxy groups -OCH3 is 1. The number of carbonyl (C=O) groups is 1. The van der Waals surface area contributed by atoms with Crippen LogP contribution in [0.25, 0.3) is 0 Å². The van der Waals surface area contributed by atoms with Crippen LogP contribution in [0.4, 0.5) is 4.79 Å². The van der Waals surface area contributed by atoms with Crippen molar-refractivity contribution in [2.45, 2.75) is 6.92 Å². The SMILES string of the molecule is CCOC(=O)N1CC=C(OC)C1. The summed E-state index contributed by atoms with van der Waals surface area (Å²) in [5, 5.41) is 0. The summed E-state index contributed by atoms with van der Waals surface area (Å²) in [7, 11) is 1.60. The molecule has 1 aliphatic heterocycles. The van der Waals surface area contributed by atoms with E-state index in [1.807, 2.05) is 6.08 Å². The fourth-order valence-corrected chi connectivity index (χ4v) is 1.03. The summed E-state index contributed by atoms with van der Waals surface area (Å²) in [6.07, 6.45) is 1.59. The topological polar surface area (TPSA) is 38.8 Å². The molecule has 0 atom stereocenters. The zero-order chi connectivity index (χ0) is 8.97. The highest BCUT2D eigenvalue weighted by Crippen LogP contribution is 2.10. The first-order valence-corrected chi connectivity index (χ1v) is 3.92. The third kappa shape index (κ3) is 1.90. The summed E-state index contributed by atoms with van der Waals surface area (Å²) in [4.78, 5) is 12.7. The van der Waals surface area contributed by atoms with Crippen molar-refractivity contribution < 1.29 is 14.3 Å². The van der Waals surface area contributed by atoms with Gasteiger partial charge < -0.3 is 9.47 Å². The molecule has 1 amide bonds. The molecule has 4 nitrogen and oxygen atoms in total. The van der Waals surface area contributed by atoms with Crippen LogP contribution in [0.15, 0.2) is 11.8 Å². The van der Waals surface area contributed by atoms with Crippen molar-refractivity contribution in [3.8, 4) is 0 Å². The van der Waals surface area contributed by atoms with Crippen molar-refractivity contribution in [1.29, 1.82) is 0 Å². The Morgan fingerprint density at radius 3 is 3.00 bits per heavy atom. The molecule has 0 aromatic carbocycles. The van der Waals surface area contributed by atoms with Crippen molar-refractivity contribution in [1.82, 2.24) is 4.90 Å². The molecule has 0 radical (unpaired) electrons. The van der Waals surface area contributed by atoms with Gasteiger partial charge >= 0.3 is 6.09 Å². The maximum atomic E-state index is 11.1. The molecule has 0 aliphatic carbocycles. The van der Waals surface area contributed by atoms with E-state index in [4.69, 9.17) is 9.47 Å². The lowest BCUT2D eigenvalue weighted by Gasteiger charge is -2.14. The van der Waals surface area contributed by atoms with Crippen molar-refractivity contribution in [2.75, 3.05) is 26.8 Å². The summed E-state index contributed by atoms with van der Waals surface area (Å²) in [6, 6.07) is 0. The second-order valence-corrected chi connectivity index (χ2v) is 2.45. The minimum absolute atomic E-state index is 0.277. The Bertz CT molecular complexity index is 200. The molecule has 0 aromatic heterocycles. The molecule has 1 heterocycles. The Labute approximate surface area is 71.7 Å². The van der Waals surface area contributed by atoms with Crippen LogP contribution in [0.1, 0.15) is 6.92 Å². The first-order valence-electron chi connectivity index (χ1n) is 3.92. The summed E-state index contributed by atoms with van der Waals surface area (Å²) in [5.74, 6) is 0.822. The van der Waals surface area contributed by atoms with E-state index < -0.39 is 0 Å². The Morgan fingerprint density at radius 1 is 1.75 bits per heavy atom. The van der Waals surface area contributed by atoms with E-state index >= 15 is 0 Å². The minimum atomic E-state index is -0.277. The maximum Gasteiger partial charge on any atom is 0.410 e. The molecule has 0 N–H and O–H groups in total. The van der Waals surface area contributed by atoms with E-state index in [0.29, 0.717) is 19.7 Å². The Hall–Kier alpha value is -1.19. The monoisotopic (exact) mass is 171 g/mol. The van der Waals surface area contributed by atoms with Gasteiger partial charge in [-0.2, -0.15) is 0 Å². The number of amides is 1. The van der Waals surface area contributed by atoms with Crippen LogP contribution in [-0.2, 0) is 9.47 Å². The molecule has 12 heavy (non-hydrogen) atoms. The molecule has 0 aromatic rings. The Morgan fingerprint density at radius 2 is 2.50 bits per heavy atom. The van der Waals surface area contributed by atoms with Crippen LogP contribution in [0.3, 0.4) is 0 Å².